The number of thioether (sulfide) groups is 1. The number of nitrogens with one attached hydrogen (secondary N) is 1. The maximum atomic E-state index is 12.5. The molecule has 0 spiro atoms. The van der Waals surface area contributed by atoms with E-state index in [1.807, 2.05) is 29.2 Å². The zero-order chi connectivity index (χ0) is 20.5. The van der Waals surface area contributed by atoms with E-state index in [9.17, 15) is 9.59 Å². The third-order valence-electron chi connectivity index (χ3n) is 5.75. The van der Waals surface area contributed by atoms with Crippen LogP contribution < -0.4 is 5.32 Å². The maximum Gasteiger partial charge on any atom is 0.234 e. The van der Waals surface area contributed by atoms with Crippen LogP contribution in [0.25, 0.3) is 0 Å². The van der Waals surface area contributed by atoms with Gasteiger partial charge in [-0.3, -0.25) is 9.59 Å². The highest BCUT2D eigenvalue weighted by Gasteiger charge is 2.24. The summed E-state index contributed by atoms with van der Waals surface area (Å²) in [4.78, 5) is 29.2. The van der Waals surface area contributed by atoms with Gasteiger partial charge in [-0.2, -0.15) is 0 Å². The summed E-state index contributed by atoms with van der Waals surface area (Å²) in [5.41, 5.74) is 0.766. The van der Waals surface area contributed by atoms with Crippen LogP contribution in [0, 0.1) is 5.92 Å². The normalized spacial score (nSPS) is 19.0. The number of halogens is 1. The summed E-state index contributed by atoms with van der Waals surface area (Å²) in [5, 5.41) is 2.87. The molecular weight excluding hydrogens is 450 g/mol. The molecule has 0 aromatic heterocycles. The van der Waals surface area contributed by atoms with E-state index >= 15 is 0 Å². The predicted octanol–water partition coefficient (Wildman–Crippen LogP) is 4.24. The average molecular weight is 482 g/mol. The highest BCUT2D eigenvalue weighted by molar-refractivity contribution is 9.10. The summed E-state index contributed by atoms with van der Waals surface area (Å²) < 4.78 is 0.928. The first kappa shape index (κ1) is 22.6. The number of hydrogen-bond donors (Lipinski definition) is 1. The molecule has 0 atom stereocenters. The summed E-state index contributed by atoms with van der Waals surface area (Å²) in [5.74, 6) is 1.49. The molecule has 7 heteroatoms. The Morgan fingerprint density at radius 2 is 1.76 bits per heavy atom. The number of hydrogen-bond acceptors (Lipinski definition) is 4. The largest absolute Gasteiger partial charge is 0.342 e. The fourth-order valence-electron chi connectivity index (χ4n) is 4.13. The van der Waals surface area contributed by atoms with Crippen LogP contribution in [-0.2, 0) is 9.59 Å². The smallest absolute Gasteiger partial charge is 0.234 e. The lowest BCUT2D eigenvalue weighted by molar-refractivity contribution is -0.129. The minimum atomic E-state index is -0.0722. The Balaban J connectivity index is 1.30. The van der Waals surface area contributed by atoms with Gasteiger partial charge in [-0.15, -0.1) is 11.8 Å². The zero-order valence-electron chi connectivity index (χ0n) is 17.1. The SMILES string of the molecule is O=C(CSCC(=O)N1CCC(CN2CCCCCC2)CC1)Nc1cccc(Br)c1. The molecule has 2 heterocycles. The molecule has 0 bridgehead atoms. The Hall–Kier alpha value is -1.05. The van der Waals surface area contributed by atoms with Crippen molar-refractivity contribution in [2.75, 3.05) is 49.5 Å². The standard InChI is InChI=1S/C22H32BrN3O2S/c23-19-6-5-7-20(14-19)24-21(27)16-29-17-22(28)26-12-8-18(9-13-26)15-25-10-3-1-2-4-11-25/h5-7,14,18H,1-4,8-13,15-17H2,(H,24,27). The van der Waals surface area contributed by atoms with Gasteiger partial charge in [0.05, 0.1) is 11.5 Å². The van der Waals surface area contributed by atoms with Crippen molar-refractivity contribution in [3.05, 3.63) is 28.7 Å². The van der Waals surface area contributed by atoms with Crippen LogP contribution in [0.2, 0.25) is 0 Å². The second-order valence-corrected chi connectivity index (χ2v) is 9.99. The van der Waals surface area contributed by atoms with Gasteiger partial charge in [-0.05, 0) is 62.9 Å². The fourth-order valence-corrected chi connectivity index (χ4v) is 5.25. The van der Waals surface area contributed by atoms with E-state index in [-0.39, 0.29) is 11.8 Å². The number of carbonyl (C=O) groups excluding carboxylic acids is 2. The molecule has 1 N–H and O–H groups in total. The third kappa shape index (κ3) is 7.95. The van der Waals surface area contributed by atoms with E-state index in [2.05, 4.69) is 26.1 Å². The minimum absolute atomic E-state index is 0.0722. The molecule has 2 aliphatic heterocycles. The van der Waals surface area contributed by atoms with Gasteiger partial charge in [0, 0.05) is 29.8 Å². The van der Waals surface area contributed by atoms with E-state index in [0.717, 1.165) is 42.0 Å². The molecule has 5 nitrogen and oxygen atoms in total. The predicted molar refractivity (Wildman–Crippen MR) is 124 cm³/mol. The lowest BCUT2D eigenvalue weighted by Gasteiger charge is -2.34. The highest BCUT2D eigenvalue weighted by atomic mass is 79.9. The van der Waals surface area contributed by atoms with Gasteiger partial charge in [0.25, 0.3) is 0 Å². The number of anilines is 1. The zero-order valence-corrected chi connectivity index (χ0v) is 19.5. The van der Waals surface area contributed by atoms with E-state index in [0.29, 0.717) is 11.5 Å². The Labute approximate surface area is 187 Å². The molecule has 2 amide bonds. The van der Waals surface area contributed by atoms with Gasteiger partial charge in [-0.25, -0.2) is 0 Å². The topological polar surface area (TPSA) is 52.7 Å². The van der Waals surface area contributed by atoms with Crippen LogP contribution in [0.3, 0.4) is 0 Å². The molecule has 1 aromatic carbocycles. The summed E-state index contributed by atoms with van der Waals surface area (Å²) in [6.45, 7) is 5.42. The molecule has 2 fully saturated rings. The summed E-state index contributed by atoms with van der Waals surface area (Å²) in [6, 6.07) is 7.52. The van der Waals surface area contributed by atoms with Crippen LogP contribution in [0.5, 0.6) is 0 Å². The van der Waals surface area contributed by atoms with Crippen LogP contribution in [0.4, 0.5) is 5.69 Å². The molecule has 0 aliphatic carbocycles. The van der Waals surface area contributed by atoms with Crippen molar-refractivity contribution in [2.24, 2.45) is 5.92 Å². The van der Waals surface area contributed by atoms with Crippen molar-refractivity contribution in [3.63, 3.8) is 0 Å². The lowest BCUT2D eigenvalue weighted by Crippen LogP contribution is -2.42. The van der Waals surface area contributed by atoms with Crippen molar-refractivity contribution >= 4 is 45.2 Å². The van der Waals surface area contributed by atoms with E-state index in [1.54, 1.807) is 0 Å². The van der Waals surface area contributed by atoms with Crippen LogP contribution in [0.1, 0.15) is 38.5 Å². The number of rotatable bonds is 7. The number of carbonyl (C=O) groups is 2. The first-order valence-electron chi connectivity index (χ1n) is 10.7. The quantitative estimate of drug-likeness (QED) is 0.632. The molecule has 1 aromatic rings. The summed E-state index contributed by atoms with van der Waals surface area (Å²) in [7, 11) is 0. The van der Waals surface area contributed by atoms with Gasteiger partial charge >= 0.3 is 0 Å². The lowest BCUT2D eigenvalue weighted by atomic mass is 9.96. The van der Waals surface area contributed by atoms with Gasteiger partial charge in [0.2, 0.25) is 11.8 Å². The number of benzene rings is 1. The molecule has 29 heavy (non-hydrogen) atoms. The molecule has 0 radical (unpaired) electrons. The monoisotopic (exact) mass is 481 g/mol. The summed E-state index contributed by atoms with van der Waals surface area (Å²) in [6.07, 6.45) is 7.64. The highest BCUT2D eigenvalue weighted by Crippen LogP contribution is 2.21. The Kier molecular flexibility index (Phi) is 9.34. The van der Waals surface area contributed by atoms with Crippen molar-refractivity contribution < 1.29 is 9.59 Å². The number of likely N-dealkylation sites (tertiary alicyclic amines) is 2. The number of nitrogens with zero attached hydrogens (tertiary/aromatic N) is 2. The second kappa shape index (κ2) is 12.0. The first-order chi connectivity index (χ1) is 14.1. The first-order valence-corrected chi connectivity index (χ1v) is 12.7. The third-order valence-corrected chi connectivity index (χ3v) is 7.16. The molecule has 2 aliphatic rings. The molecule has 2 saturated heterocycles. The molecule has 0 unspecified atom stereocenters. The van der Waals surface area contributed by atoms with Gasteiger partial charge in [-0.1, -0.05) is 34.8 Å². The summed E-state index contributed by atoms with van der Waals surface area (Å²) >= 11 is 4.79. The van der Waals surface area contributed by atoms with Gasteiger partial charge in [0.1, 0.15) is 0 Å². The van der Waals surface area contributed by atoms with Crippen molar-refractivity contribution in [1.82, 2.24) is 9.80 Å². The van der Waals surface area contributed by atoms with Crippen LogP contribution >= 0.6 is 27.7 Å². The fraction of sp³-hybridized carbons (Fsp3) is 0.636. The average Bonchev–Trinajstić information content (AvgIpc) is 2.97. The molecule has 160 valence electrons. The van der Waals surface area contributed by atoms with E-state index < -0.39 is 0 Å². The molecule has 0 saturated carbocycles. The van der Waals surface area contributed by atoms with E-state index in [1.165, 1.54) is 57.1 Å². The van der Waals surface area contributed by atoms with Crippen molar-refractivity contribution in [1.29, 1.82) is 0 Å². The Morgan fingerprint density at radius 1 is 1.03 bits per heavy atom. The van der Waals surface area contributed by atoms with Gasteiger partial charge < -0.3 is 15.1 Å². The molecule has 3 rings (SSSR count). The van der Waals surface area contributed by atoms with Crippen molar-refractivity contribution in [2.45, 2.75) is 38.5 Å². The second-order valence-electron chi connectivity index (χ2n) is 8.09. The van der Waals surface area contributed by atoms with Gasteiger partial charge in [0.15, 0.2) is 0 Å². The molecular formula is C22H32BrN3O2S. The van der Waals surface area contributed by atoms with Crippen LogP contribution in [0.15, 0.2) is 28.7 Å². The Morgan fingerprint density at radius 3 is 2.45 bits per heavy atom. The van der Waals surface area contributed by atoms with Crippen molar-refractivity contribution in [3.8, 4) is 0 Å². The number of amides is 2. The Bertz CT molecular complexity index is 672. The van der Waals surface area contributed by atoms with E-state index in [4.69, 9.17) is 0 Å². The minimum Gasteiger partial charge on any atom is -0.342 e. The van der Waals surface area contributed by atoms with Crippen LogP contribution in [-0.4, -0.2) is 65.8 Å². The maximum absolute atomic E-state index is 12.5. The number of piperidine rings is 1.